The molecule has 34 aromatic rings. The van der Waals surface area contributed by atoms with E-state index in [4.69, 9.17) is 58.7 Å². The minimum atomic E-state index is 0.507. The SMILES string of the molecule is c1ccc2c(c1)ccc1c3cc4c(cc3c3nccnc3c21)oc1ccccc14.c1ccc2c(c1)ccc1c3cc4c(cc3c3nccnc3c21)sc1ccccc14.c1ccc2c(c1)ccc1c3cc4oc5ccccc5c4cc3c3nccnc3c21.c1ccc2c(c1)ccc1c3cc4sc5ccccc5c4cc3c3nccnc3c21.c1ccc2c(c1)ccc1c3nc4nccnc4nc3c3nccnc3c21. The summed E-state index contributed by atoms with van der Waals surface area (Å²) in [7, 11) is 0. The number of aromatic nitrogens is 14. The number of nitrogens with zero attached hydrogens (tertiary/aromatic N) is 14. The summed E-state index contributed by atoms with van der Waals surface area (Å²) in [6, 6.07) is 116. The van der Waals surface area contributed by atoms with Gasteiger partial charge in [0.15, 0.2) is 11.3 Å². The zero-order valence-corrected chi connectivity index (χ0v) is 76.6. The van der Waals surface area contributed by atoms with Crippen molar-refractivity contribution in [3.05, 3.63) is 402 Å². The Morgan fingerprint density at radius 1 is 0.141 bits per heavy atom. The maximum absolute atomic E-state index is 6.17. The van der Waals surface area contributed by atoms with Crippen LogP contribution in [-0.4, -0.2) is 69.8 Å². The molecule has 0 aliphatic rings. The normalized spacial score (nSPS) is 12.1. The molecule has 142 heavy (non-hydrogen) atoms. The maximum atomic E-state index is 6.17. The molecule has 0 saturated carbocycles. The topological polar surface area (TPSA) is 207 Å². The van der Waals surface area contributed by atoms with Crippen molar-refractivity contribution in [2.75, 3.05) is 0 Å². The summed E-state index contributed by atoms with van der Waals surface area (Å²) >= 11 is 3.70. The second-order valence-corrected chi connectivity index (χ2v) is 38.1. The highest BCUT2D eigenvalue weighted by molar-refractivity contribution is 7.26. The Balaban J connectivity index is 0.0000000831. The summed E-state index contributed by atoms with van der Waals surface area (Å²) in [6.07, 6.45) is 20.9. The Bertz CT molecular complexity index is 11000. The predicted octanol–water partition coefficient (Wildman–Crippen LogP) is 32.7. The van der Waals surface area contributed by atoms with Gasteiger partial charge >= 0.3 is 0 Å². The first-order valence-corrected chi connectivity index (χ1v) is 48.6. The molecule has 0 radical (unpaired) electrons. The van der Waals surface area contributed by atoms with Gasteiger partial charge in [-0.15, -0.1) is 22.7 Å². The average molecular weight is 1850 g/mol. The molecule has 0 spiro atoms. The van der Waals surface area contributed by atoms with Gasteiger partial charge in [0.25, 0.3) is 0 Å². The van der Waals surface area contributed by atoms with Crippen LogP contribution in [0.5, 0.6) is 0 Å². The molecule has 0 saturated heterocycles. The van der Waals surface area contributed by atoms with Crippen LogP contribution in [0.25, 0.3) is 313 Å². The fourth-order valence-corrected chi connectivity index (χ4v) is 24.5. The van der Waals surface area contributed by atoms with Crippen LogP contribution in [0.3, 0.4) is 0 Å². The van der Waals surface area contributed by atoms with Gasteiger partial charge in [0.1, 0.15) is 38.9 Å². The van der Waals surface area contributed by atoms with Crippen molar-refractivity contribution in [3.63, 3.8) is 0 Å². The van der Waals surface area contributed by atoms with Crippen molar-refractivity contribution in [3.8, 4) is 0 Å². The van der Waals surface area contributed by atoms with E-state index >= 15 is 0 Å². The molecule has 18 heteroatoms. The first kappa shape index (κ1) is 79.3. The largest absolute Gasteiger partial charge is 0.456 e. The van der Waals surface area contributed by atoms with Crippen LogP contribution >= 0.6 is 22.7 Å². The van der Waals surface area contributed by atoms with E-state index in [1.54, 1.807) is 74.4 Å². The van der Waals surface area contributed by atoms with Crippen molar-refractivity contribution in [2.24, 2.45) is 0 Å². The zero-order chi connectivity index (χ0) is 92.9. The smallest absolute Gasteiger partial charge is 0.198 e. The number of hydrogen-bond donors (Lipinski definition) is 0. The standard InChI is InChI=1S/2C26H14N2O.2C26H14N2S.C20H10N6/c1-2-6-16-15(5-1)9-10-18-19-14-23-20(17-7-3-4-8-22(17)29-23)13-21(19)25-26(24(16)18)28-12-11-27-25;1-2-6-16-15(5-1)9-10-18-19-13-20-17-7-3-4-8-22(17)29-23(20)14-21(19)25-26(24(16)18)28-12-11-27-25;1-2-6-16-15(5-1)9-10-18-19-14-23-20(17-7-3-4-8-22(17)29-23)13-21(19)25-26(24(16)18)28-12-11-27-25;1-2-6-16-15(5-1)9-10-18-19-13-20-17-7-3-4-8-22(17)29-23(20)14-21(19)25-26(24(16)18)28-12-11-27-25;1-2-4-12-11(3-1)5-6-13-14(12)16-17(22-8-7-21-16)18-15(13)25-19-20(26-18)24-10-9-23-19/h4*1-14H;1-10H. The molecule has 0 unspecified atom stereocenters. The van der Waals surface area contributed by atoms with Gasteiger partial charge in [-0.1, -0.05) is 255 Å². The van der Waals surface area contributed by atoms with Crippen LogP contribution in [0.2, 0.25) is 0 Å². The van der Waals surface area contributed by atoms with Gasteiger partial charge in [-0.2, -0.15) is 0 Å². The summed E-state index contributed by atoms with van der Waals surface area (Å²) in [5, 5.41) is 42.7. The molecule has 656 valence electrons. The van der Waals surface area contributed by atoms with Crippen LogP contribution in [0.1, 0.15) is 0 Å². The lowest BCUT2D eigenvalue weighted by Crippen LogP contribution is -1.96. The van der Waals surface area contributed by atoms with Crippen molar-refractivity contribution in [1.29, 1.82) is 0 Å². The molecule has 34 rings (SSSR count). The van der Waals surface area contributed by atoms with Gasteiger partial charge in [-0.25, -0.2) is 19.9 Å². The van der Waals surface area contributed by atoms with Crippen molar-refractivity contribution < 1.29 is 8.83 Å². The van der Waals surface area contributed by atoms with E-state index in [9.17, 15) is 0 Å². The molecule has 0 aliphatic carbocycles. The van der Waals surface area contributed by atoms with E-state index < -0.39 is 0 Å². The molecule has 23 aromatic carbocycles. The Kier molecular flexibility index (Phi) is 17.5. The monoisotopic (exact) mass is 1850 g/mol. The number of furan rings is 2. The molecule has 0 atom stereocenters. The van der Waals surface area contributed by atoms with Gasteiger partial charge in [0.2, 0.25) is 0 Å². The molecule has 0 N–H and O–H groups in total. The number of para-hydroxylation sites is 2. The molecule has 11 aromatic heterocycles. The first-order valence-electron chi connectivity index (χ1n) is 46.9. The number of hydrogen-bond acceptors (Lipinski definition) is 18. The molecule has 0 bridgehead atoms. The molecular formula is C124H66N14O2S2. The van der Waals surface area contributed by atoms with E-state index in [1.807, 2.05) is 65.1 Å². The minimum absolute atomic E-state index is 0.507. The minimum Gasteiger partial charge on any atom is -0.456 e. The van der Waals surface area contributed by atoms with E-state index in [0.717, 1.165) is 153 Å². The first-order chi connectivity index (χ1) is 70.4. The quantitative estimate of drug-likeness (QED) is 0.102. The summed E-state index contributed by atoms with van der Waals surface area (Å²) in [5.74, 6) is 0. The third-order valence-corrected chi connectivity index (χ3v) is 30.6. The highest BCUT2D eigenvalue weighted by atomic mass is 32.1. The van der Waals surface area contributed by atoms with Gasteiger partial charge in [0, 0.05) is 190 Å². The van der Waals surface area contributed by atoms with Crippen molar-refractivity contribution in [2.45, 2.75) is 0 Å². The molecule has 11 heterocycles. The summed E-state index contributed by atoms with van der Waals surface area (Å²) in [5.41, 5.74) is 15.3. The average Bonchev–Trinajstić information content (AvgIpc) is 1.47. The van der Waals surface area contributed by atoms with E-state index in [2.05, 4.69) is 305 Å². The van der Waals surface area contributed by atoms with Crippen LogP contribution in [0.4, 0.5) is 0 Å². The Labute approximate surface area is 809 Å². The number of rotatable bonds is 0. The van der Waals surface area contributed by atoms with Crippen LogP contribution in [-0.2, 0) is 0 Å². The lowest BCUT2D eigenvalue weighted by molar-refractivity contribution is 0.669. The Hall–Kier alpha value is -18.9. The van der Waals surface area contributed by atoms with Gasteiger partial charge in [-0.05, 0) is 170 Å². The number of fused-ring (bicyclic) bond motifs is 53. The third kappa shape index (κ3) is 12.2. The summed E-state index contributed by atoms with van der Waals surface area (Å²) < 4.78 is 17.6. The molecule has 0 amide bonds. The van der Waals surface area contributed by atoms with Crippen molar-refractivity contribution in [1.82, 2.24) is 69.8 Å². The highest BCUT2D eigenvalue weighted by Crippen LogP contribution is 2.49. The van der Waals surface area contributed by atoms with Crippen LogP contribution < -0.4 is 0 Å². The Morgan fingerprint density at radius 3 is 0.810 bits per heavy atom. The van der Waals surface area contributed by atoms with Crippen molar-refractivity contribution >= 4 is 335 Å². The highest BCUT2D eigenvalue weighted by Gasteiger charge is 2.25. The fourth-order valence-electron chi connectivity index (χ4n) is 22.2. The third-order valence-electron chi connectivity index (χ3n) is 28.4. The van der Waals surface area contributed by atoms with E-state index in [1.165, 1.54) is 143 Å². The van der Waals surface area contributed by atoms with E-state index in [-0.39, 0.29) is 0 Å². The van der Waals surface area contributed by atoms with Gasteiger partial charge < -0.3 is 8.83 Å². The lowest BCUT2D eigenvalue weighted by atomic mass is 9.94. The van der Waals surface area contributed by atoms with Crippen LogP contribution in [0, 0.1) is 0 Å². The molecular weight excluding hydrogens is 1780 g/mol. The lowest BCUT2D eigenvalue weighted by Gasteiger charge is -2.11. The predicted molar refractivity (Wildman–Crippen MR) is 589 cm³/mol. The second kappa shape index (κ2) is 31.3. The second-order valence-electron chi connectivity index (χ2n) is 35.9. The van der Waals surface area contributed by atoms with Crippen LogP contribution in [0.15, 0.2) is 411 Å². The molecule has 0 fully saturated rings. The van der Waals surface area contributed by atoms with Gasteiger partial charge in [-0.3, -0.25) is 49.8 Å². The zero-order valence-electron chi connectivity index (χ0n) is 75.0. The van der Waals surface area contributed by atoms with E-state index in [0.29, 0.717) is 16.8 Å². The Morgan fingerprint density at radius 2 is 0.401 bits per heavy atom. The van der Waals surface area contributed by atoms with Gasteiger partial charge in [0.05, 0.1) is 49.7 Å². The summed E-state index contributed by atoms with van der Waals surface area (Å²) in [4.78, 5) is 65.3. The summed E-state index contributed by atoms with van der Waals surface area (Å²) in [6.45, 7) is 0. The number of thiophene rings is 2. The molecule has 16 nitrogen and oxygen atoms in total. The molecule has 0 aliphatic heterocycles. The maximum Gasteiger partial charge on any atom is 0.198 e. The fraction of sp³-hybridized carbons (Fsp3) is 0. The number of benzene rings is 23.